The summed E-state index contributed by atoms with van der Waals surface area (Å²) in [4.78, 5) is 11.5. The first-order valence-corrected chi connectivity index (χ1v) is 4.32. The van der Waals surface area contributed by atoms with Gasteiger partial charge in [-0.25, -0.2) is 0 Å². The molecule has 0 spiro atoms. The number of allylic oxidation sites excluding steroid dienone is 2. The molecular formula is C10H16O. The van der Waals surface area contributed by atoms with Crippen molar-refractivity contribution < 1.29 is 4.79 Å². The van der Waals surface area contributed by atoms with Crippen LogP contribution >= 0.6 is 0 Å². The van der Waals surface area contributed by atoms with Crippen molar-refractivity contribution in [2.75, 3.05) is 0 Å². The van der Waals surface area contributed by atoms with Crippen LogP contribution < -0.4 is 0 Å². The molecule has 0 fully saturated rings. The molecule has 2 atom stereocenters. The van der Waals surface area contributed by atoms with E-state index in [9.17, 15) is 4.79 Å². The van der Waals surface area contributed by atoms with E-state index in [4.69, 9.17) is 0 Å². The van der Waals surface area contributed by atoms with Gasteiger partial charge < -0.3 is 0 Å². The highest BCUT2D eigenvalue weighted by atomic mass is 16.1. The Kier molecular flexibility index (Phi) is 2.17. The second-order valence-electron chi connectivity index (χ2n) is 3.67. The molecule has 1 unspecified atom stereocenters. The molecule has 0 bridgehead atoms. The van der Waals surface area contributed by atoms with Crippen LogP contribution in [0.4, 0.5) is 0 Å². The molecule has 0 saturated carbocycles. The average Bonchev–Trinajstić information content (AvgIpc) is 2.00. The molecule has 0 radical (unpaired) electrons. The molecule has 1 rings (SSSR count). The maximum atomic E-state index is 11.5. The van der Waals surface area contributed by atoms with Gasteiger partial charge in [-0.1, -0.05) is 26.8 Å². The Balaban J connectivity index is 2.91. The molecule has 0 aromatic rings. The van der Waals surface area contributed by atoms with Crippen LogP contribution in [0.5, 0.6) is 0 Å². The molecule has 62 valence electrons. The summed E-state index contributed by atoms with van der Waals surface area (Å²) in [6.45, 7) is 6.32. The van der Waals surface area contributed by atoms with Crippen LogP contribution in [0.25, 0.3) is 0 Å². The molecule has 1 aliphatic carbocycles. The van der Waals surface area contributed by atoms with Gasteiger partial charge in [-0.05, 0) is 24.8 Å². The fraction of sp³-hybridized carbons (Fsp3) is 0.700. The van der Waals surface area contributed by atoms with Crippen LogP contribution in [0, 0.1) is 11.3 Å². The van der Waals surface area contributed by atoms with Crippen LogP contribution in [-0.4, -0.2) is 5.78 Å². The van der Waals surface area contributed by atoms with Gasteiger partial charge in [-0.2, -0.15) is 0 Å². The molecule has 0 amide bonds. The van der Waals surface area contributed by atoms with E-state index in [2.05, 4.69) is 20.8 Å². The van der Waals surface area contributed by atoms with Crippen molar-refractivity contribution in [3.63, 3.8) is 0 Å². The van der Waals surface area contributed by atoms with Gasteiger partial charge in [0.25, 0.3) is 0 Å². The standard InChI is InChI=1S/C10H16O/c1-4-10(3)8(2)6-5-7-9(10)11/h5,7-8H,4,6H2,1-3H3/t8?,10-/m0/s1. The Morgan fingerprint density at radius 1 is 1.73 bits per heavy atom. The van der Waals surface area contributed by atoms with Crippen molar-refractivity contribution in [2.24, 2.45) is 11.3 Å². The van der Waals surface area contributed by atoms with E-state index in [-0.39, 0.29) is 5.41 Å². The van der Waals surface area contributed by atoms with Gasteiger partial charge in [-0.15, -0.1) is 0 Å². The number of hydrogen-bond donors (Lipinski definition) is 0. The minimum Gasteiger partial charge on any atom is -0.294 e. The lowest BCUT2D eigenvalue weighted by Crippen LogP contribution is -2.34. The third-order valence-corrected chi connectivity index (χ3v) is 3.14. The molecular weight excluding hydrogens is 136 g/mol. The van der Waals surface area contributed by atoms with E-state index in [1.807, 2.05) is 6.08 Å². The summed E-state index contributed by atoms with van der Waals surface area (Å²) < 4.78 is 0. The second kappa shape index (κ2) is 2.80. The van der Waals surface area contributed by atoms with Gasteiger partial charge in [0.1, 0.15) is 0 Å². The Morgan fingerprint density at radius 2 is 2.36 bits per heavy atom. The molecule has 1 nitrogen and oxygen atoms in total. The van der Waals surface area contributed by atoms with Crippen LogP contribution in [0.2, 0.25) is 0 Å². The molecule has 0 saturated heterocycles. The van der Waals surface area contributed by atoms with Crippen molar-refractivity contribution in [3.8, 4) is 0 Å². The lowest BCUT2D eigenvalue weighted by molar-refractivity contribution is -0.126. The predicted octanol–water partition coefficient (Wildman–Crippen LogP) is 2.57. The zero-order valence-electron chi connectivity index (χ0n) is 7.55. The summed E-state index contributed by atoms with van der Waals surface area (Å²) in [5.41, 5.74) is -0.0885. The zero-order valence-corrected chi connectivity index (χ0v) is 7.55. The maximum absolute atomic E-state index is 11.5. The van der Waals surface area contributed by atoms with Gasteiger partial charge >= 0.3 is 0 Å². The van der Waals surface area contributed by atoms with Crippen molar-refractivity contribution in [2.45, 2.75) is 33.6 Å². The topological polar surface area (TPSA) is 17.1 Å². The van der Waals surface area contributed by atoms with Crippen molar-refractivity contribution in [1.29, 1.82) is 0 Å². The molecule has 1 heteroatoms. The second-order valence-corrected chi connectivity index (χ2v) is 3.67. The third-order valence-electron chi connectivity index (χ3n) is 3.14. The van der Waals surface area contributed by atoms with E-state index in [0.29, 0.717) is 11.7 Å². The SMILES string of the molecule is CC[C@]1(C)C(=O)C=CCC1C. The van der Waals surface area contributed by atoms with Crippen molar-refractivity contribution >= 4 is 5.78 Å². The smallest absolute Gasteiger partial charge is 0.161 e. The Morgan fingerprint density at radius 3 is 2.73 bits per heavy atom. The van der Waals surface area contributed by atoms with Crippen molar-refractivity contribution in [3.05, 3.63) is 12.2 Å². The largest absolute Gasteiger partial charge is 0.294 e. The monoisotopic (exact) mass is 152 g/mol. The van der Waals surface area contributed by atoms with E-state index in [1.54, 1.807) is 6.08 Å². The van der Waals surface area contributed by atoms with E-state index in [0.717, 1.165) is 12.8 Å². The van der Waals surface area contributed by atoms with E-state index >= 15 is 0 Å². The number of rotatable bonds is 1. The fourth-order valence-corrected chi connectivity index (χ4v) is 1.60. The number of carbonyl (C=O) groups is 1. The first-order chi connectivity index (χ1) is 5.11. The third kappa shape index (κ3) is 1.24. The first kappa shape index (κ1) is 8.51. The van der Waals surface area contributed by atoms with Crippen LogP contribution in [0.15, 0.2) is 12.2 Å². The summed E-state index contributed by atoms with van der Waals surface area (Å²) in [5, 5.41) is 0. The fourth-order valence-electron chi connectivity index (χ4n) is 1.60. The van der Waals surface area contributed by atoms with Gasteiger partial charge in [0.15, 0.2) is 5.78 Å². The summed E-state index contributed by atoms with van der Waals surface area (Å²) in [7, 11) is 0. The predicted molar refractivity (Wildman–Crippen MR) is 46.3 cm³/mol. The average molecular weight is 152 g/mol. The van der Waals surface area contributed by atoms with E-state index in [1.165, 1.54) is 0 Å². The molecule has 11 heavy (non-hydrogen) atoms. The Hall–Kier alpha value is -0.590. The van der Waals surface area contributed by atoms with Crippen LogP contribution in [0.3, 0.4) is 0 Å². The lowest BCUT2D eigenvalue weighted by atomic mass is 9.68. The quantitative estimate of drug-likeness (QED) is 0.564. The highest BCUT2D eigenvalue weighted by Gasteiger charge is 2.36. The minimum absolute atomic E-state index is 0.0885. The molecule has 0 aliphatic heterocycles. The normalized spacial score (nSPS) is 37.7. The number of carbonyl (C=O) groups excluding carboxylic acids is 1. The Bertz CT molecular complexity index is 193. The maximum Gasteiger partial charge on any atom is 0.161 e. The van der Waals surface area contributed by atoms with E-state index < -0.39 is 0 Å². The van der Waals surface area contributed by atoms with Gasteiger partial charge in [0, 0.05) is 5.41 Å². The highest BCUT2D eigenvalue weighted by molar-refractivity contribution is 5.95. The highest BCUT2D eigenvalue weighted by Crippen LogP contribution is 2.37. The molecule has 0 aromatic heterocycles. The molecule has 0 N–H and O–H groups in total. The molecule has 1 aliphatic rings. The van der Waals surface area contributed by atoms with Crippen LogP contribution in [0.1, 0.15) is 33.6 Å². The zero-order chi connectivity index (χ0) is 8.48. The Labute approximate surface area is 68.5 Å². The lowest BCUT2D eigenvalue weighted by Gasteiger charge is -2.34. The summed E-state index contributed by atoms with van der Waals surface area (Å²) in [6.07, 6.45) is 5.74. The summed E-state index contributed by atoms with van der Waals surface area (Å²) >= 11 is 0. The van der Waals surface area contributed by atoms with Gasteiger partial charge in [0.05, 0.1) is 0 Å². The number of hydrogen-bond acceptors (Lipinski definition) is 1. The molecule has 0 heterocycles. The minimum atomic E-state index is -0.0885. The van der Waals surface area contributed by atoms with Crippen molar-refractivity contribution in [1.82, 2.24) is 0 Å². The summed E-state index contributed by atoms with van der Waals surface area (Å²) in [5.74, 6) is 0.809. The molecule has 0 aromatic carbocycles. The van der Waals surface area contributed by atoms with Crippen LogP contribution in [-0.2, 0) is 4.79 Å². The van der Waals surface area contributed by atoms with Gasteiger partial charge in [-0.3, -0.25) is 4.79 Å². The van der Waals surface area contributed by atoms with Gasteiger partial charge in [0.2, 0.25) is 0 Å². The first-order valence-electron chi connectivity index (χ1n) is 4.32. The number of ketones is 1. The summed E-state index contributed by atoms with van der Waals surface area (Å²) in [6, 6.07) is 0.